The minimum absolute atomic E-state index is 0.107. The number of hydrogen-bond acceptors (Lipinski definition) is 4. The summed E-state index contributed by atoms with van der Waals surface area (Å²) in [5, 5.41) is 3.42. The maximum absolute atomic E-state index is 5.96. The molecule has 2 aromatic rings. The Bertz CT molecular complexity index is 734. The predicted molar refractivity (Wildman–Crippen MR) is 102 cm³/mol. The van der Waals surface area contributed by atoms with E-state index in [0.29, 0.717) is 19.8 Å². The van der Waals surface area contributed by atoms with E-state index in [0.717, 1.165) is 37.4 Å². The van der Waals surface area contributed by atoms with E-state index in [1.807, 2.05) is 38.1 Å². The number of hydrogen-bond donors (Lipinski definition) is 1. The summed E-state index contributed by atoms with van der Waals surface area (Å²) in [6, 6.07) is 9.94. The molecule has 0 unspecified atom stereocenters. The van der Waals surface area contributed by atoms with Crippen LogP contribution in [0.2, 0.25) is 0 Å². The van der Waals surface area contributed by atoms with Crippen molar-refractivity contribution < 1.29 is 14.2 Å². The first kappa shape index (κ1) is 17.4. The summed E-state index contributed by atoms with van der Waals surface area (Å²) in [5.74, 6) is 2.43. The van der Waals surface area contributed by atoms with E-state index in [2.05, 4.69) is 43.2 Å². The largest absolute Gasteiger partial charge is 0.489 e. The van der Waals surface area contributed by atoms with Crippen LogP contribution in [-0.4, -0.2) is 19.3 Å². The number of ether oxygens (including phenoxy) is 3. The molecular formula is C18H19Br2NO3. The maximum Gasteiger partial charge on any atom is 0.163 e. The Morgan fingerprint density at radius 1 is 1.08 bits per heavy atom. The van der Waals surface area contributed by atoms with E-state index < -0.39 is 0 Å². The van der Waals surface area contributed by atoms with E-state index in [1.165, 1.54) is 0 Å². The smallest absolute Gasteiger partial charge is 0.163 e. The molecule has 2 aromatic carbocycles. The zero-order chi connectivity index (χ0) is 17.1. The van der Waals surface area contributed by atoms with Gasteiger partial charge in [0.25, 0.3) is 0 Å². The normalized spacial score (nSPS) is 13.0. The fraction of sp³-hybridized carbons (Fsp3) is 0.333. The van der Waals surface area contributed by atoms with Crippen LogP contribution < -0.4 is 19.5 Å². The van der Waals surface area contributed by atoms with Crippen LogP contribution in [0, 0.1) is 0 Å². The van der Waals surface area contributed by atoms with E-state index in [-0.39, 0.29) is 6.10 Å². The molecule has 0 aliphatic carbocycles. The Kier molecular flexibility index (Phi) is 5.56. The fourth-order valence-corrected chi connectivity index (χ4v) is 3.87. The summed E-state index contributed by atoms with van der Waals surface area (Å²) >= 11 is 7.12. The number of benzene rings is 2. The van der Waals surface area contributed by atoms with Gasteiger partial charge in [0, 0.05) is 28.3 Å². The Morgan fingerprint density at radius 3 is 2.58 bits per heavy atom. The Balaban J connectivity index is 1.79. The van der Waals surface area contributed by atoms with Crippen LogP contribution in [-0.2, 0) is 6.54 Å². The molecule has 1 heterocycles. The standard InChI is InChI=1S/C18H19Br2NO3/c1-11(2)24-18-12(7-13(19)8-15(18)20)10-21-14-3-4-16-17(9-14)23-6-5-22-16/h3-4,7-9,11,21H,5-6,10H2,1-2H3. The molecule has 0 bridgehead atoms. The Hall–Kier alpha value is -1.40. The lowest BCUT2D eigenvalue weighted by Gasteiger charge is -2.20. The molecule has 0 fully saturated rings. The van der Waals surface area contributed by atoms with Crippen molar-refractivity contribution in [2.45, 2.75) is 26.5 Å². The van der Waals surface area contributed by atoms with Crippen LogP contribution in [0.4, 0.5) is 5.69 Å². The average Bonchev–Trinajstić information content (AvgIpc) is 2.55. The molecule has 1 aliphatic rings. The molecule has 0 saturated carbocycles. The molecule has 1 N–H and O–H groups in total. The van der Waals surface area contributed by atoms with Crippen molar-refractivity contribution in [2.75, 3.05) is 18.5 Å². The van der Waals surface area contributed by atoms with Gasteiger partial charge in [-0.15, -0.1) is 0 Å². The zero-order valence-corrected chi connectivity index (χ0v) is 16.7. The van der Waals surface area contributed by atoms with Crippen LogP contribution in [0.25, 0.3) is 0 Å². The first-order chi connectivity index (χ1) is 11.5. The first-order valence-corrected chi connectivity index (χ1v) is 9.39. The summed E-state index contributed by atoms with van der Waals surface area (Å²) in [6.45, 7) is 5.86. The van der Waals surface area contributed by atoms with Crippen molar-refractivity contribution in [3.05, 3.63) is 44.8 Å². The van der Waals surface area contributed by atoms with Crippen molar-refractivity contribution in [3.63, 3.8) is 0 Å². The second-order valence-corrected chi connectivity index (χ2v) is 7.52. The van der Waals surface area contributed by atoms with E-state index in [1.54, 1.807) is 0 Å². The number of nitrogens with one attached hydrogen (secondary N) is 1. The van der Waals surface area contributed by atoms with Gasteiger partial charge in [0.15, 0.2) is 11.5 Å². The minimum atomic E-state index is 0.107. The van der Waals surface area contributed by atoms with Crippen molar-refractivity contribution >= 4 is 37.5 Å². The number of fused-ring (bicyclic) bond motifs is 1. The zero-order valence-electron chi connectivity index (χ0n) is 13.6. The summed E-state index contributed by atoms with van der Waals surface area (Å²) in [7, 11) is 0. The molecular weight excluding hydrogens is 438 g/mol. The quantitative estimate of drug-likeness (QED) is 0.655. The molecule has 0 aromatic heterocycles. The number of anilines is 1. The van der Waals surface area contributed by atoms with Crippen LogP contribution in [0.3, 0.4) is 0 Å². The first-order valence-electron chi connectivity index (χ1n) is 7.81. The number of rotatable bonds is 5. The maximum atomic E-state index is 5.96. The molecule has 0 radical (unpaired) electrons. The minimum Gasteiger partial charge on any atom is -0.489 e. The summed E-state index contributed by atoms with van der Waals surface area (Å²) < 4.78 is 19.1. The van der Waals surface area contributed by atoms with Gasteiger partial charge in [-0.05, 0) is 54.0 Å². The lowest BCUT2D eigenvalue weighted by atomic mass is 10.2. The number of halogens is 2. The Morgan fingerprint density at radius 2 is 1.83 bits per heavy atom. The third kappa shape index (κ3) is 4.16. The predicted octanol–water partition coefficient (Wildman–Crippen LogP) is 5.38. The SMILES string of the molecule is CC(C)Oc1c(Br)cc(Br)cc1CNc1ccc2c(c1)OCCO2. The molecule has 0 saturated heterocycles. The lowest BCUT2D eigenvalue weighted by Crippen LogP contribution is -2.15. The molecule has 0 spiro atoms. The second-order valence-electron chi connectivity index (χ2n) is 5.75. The molecule has 4 nitrogen and oxygen atoms in total. The molecule has 6 heteroatoms. The molecule has 1 aliphatic heterocycles. The van der Waals surface area contributed by atoms with Crippen LogP contribution in [0.1, 0.15) is 19.4 Å². The van der Waals surface area contributed by atoms with Crippen LogP contribution in [0.5, 0.6) is 17.2 Å². The van der Waals surface area contributed by atoms with E-state index in [9.17, 15) is 0 Å². The van der Waals surface area contributed by atoms with Crippen molar-refractivity contribution in [3.8, 4) is 17.2 Å². The monoisotopic (exact) mass is 455 g/mol. The van der Waals surface area contributed by atoms with Gasteiger partial charge in [-0.25, -0.2) is 0 Å². The van der Waals surface area contributed by atoms with Crippen molar-refractivity contribution in [1.29, 1.82) is 0 Å². The second kappa shape index (κ2) is 7.66. The van der Waals surface area contributed by atoms with Gasteiger partial charge in [0.2, 0.25) is 0 Å². The van der Waals surface area contributed by atoms with Crippen LogP contribution in [0.15, 0.2) is 39.3 Å². The van der Waals surface area contributed by atoms with Gasteiger partial charge in [0.05, 0.1) is 10.6 Å². The highest BCUT2D eigenvalue weighted by Gasteiger charge is 2.14. The topological polar surface area (TPSA) is 39.7 Å². The summed E-state index contributed by atoms with van der Waals surface area (Å²) in [6.07, 6.45) is 0.107. The third-order valence-electron chi connectivity index (χ3n) is 3.46. The Labute approximate surface area is 158 Å². The average molecular weight is 457 g/mol. The fourth-order valence-electron chi connectivity index (χ4n) is 2.46. The molecule has 128 valence electrons. The highest BCUT2D eigenvalue weighted by atomic mass is 79.9. The van der Waals surface area contributed by atoms with Gasteiger partial charge in [-0.1, -0.05) is 15.9 Å². The third-order valence-corrected chi connectivity index (χ3v) is 4.51. The molecule has 0 amide bonds. The summed E-state index contributed by atoms with van der Waals surface area (Å²) in [4.78, 5) is 0. The molecule has 0 atom stereocenters. The van der Waals surface area contributed by atoms with Gasteiger partial charge in [-0.2, -0.15) is 0 Å². The van der Waals surface area contributed by atoms with Crippen molar-refractivity contribution in [1.82, 2.24) is 0 Å². The highest BCUT2D eigenvalue weighted by molar-refractivity contribution is 9.11. The van der Waals surface area contributed by atoms with Crippen LogP contribution >= 0.6 is 31.9 Å². The van der Waals surface area contributed by atoms with Gasteiger partial charge in [0.1, 0.15) is 19.0 Å². The van der Waals surface area contributed by atoms with E-state index in [4.69, 9.17) is 14.2 Å². The molecule has 24 heavy (non-hydrogen) atoms. The van der Waals surface area contributed by atoms with Crippen molar-refractivity contribution in [2.24, 2.45) is 0 Å². The highest BCUT2D eigenvalue weighted by Crippen LogP contribution is 2.35. The van der Waals surface area contributed by atoms with E-state index >= 15 is 0 Å². The van der Waals surface area contributed by atoms with Gasteiger partial charge in [-0.3, -0.25) is 0 Å². The lowest BCUT2D eigenvalue weighted by molar-refractivity contribution is 0.171. The van der Waals surface area contributed by atoms with Gasteiger partial charge < -0.3 is 19.5 Å². The molecule has 3 rings (SSSR count). The summed E-state index contributed by atoms with van der Waals surface area (Å²) in [5.41, 5.74) is 2.05. The van der Waals surface area contributed by atoms with Gasteiger partial charge >= 0.3 is 0 Å².